The maximum absolute atomic E-state index is 13.7. The first-order valence-electron chi connectivity index (χ1n) is 15.3. The molecule has 2 saturated carbocycles. The largest absolute Gasteiger partial charge is 0.466 e. The Balaban J connectivity index is 1.25. The van der Waals surface area contributed by atoms with E-state index in [1.165, 1.54) is 26.0 Å². The highest BCUT2D eigenvalue weighted by molar-refractivity contribution is 7.94. The molecule has 4 aliphatic rings. The van der Waals surface area contributed by atoms with Crippen molar-refractivity contribution in [3.63, 3.8) is 0 Å². The van der Waals surface area contributed by atoms with Gasteiger partial charge in [0, 0.05) is 56.9 Å². The Kier molecular flexibility index (Phi) is 7.99. The number of amides is 1. The van der Waals surface area contributed by atoms with Gasteiger partial charge >= 0.3 is 5.97 Å². The van der Waals surface area contributed by atoms with Crippen LogP contribution in [0.25, 0.3) is 0 Å². The molecular formula is C31H38F2N6O5S. The van der Waals surface area contributed by atoms with Crippen LogP contribution in [0.5, 0.6) is 0 Å². The van der Waals surface area contributed by atoms with Crippen molar-refractivity contribution in [3.05, 3.63) is 47.7 Å². The van der Waals surface area contributed by atoms with Crippen LogP contribution < -0.4 is 19.8 Å². The number of carbonyl (C=O) groups excluding carboxylic acids is 2. The highest BCUT2D eigenvalue weighted by Crippen LogP contribution is 2.54. The Hall–Kier alpha value is -3.81. The summed E-state index contributed by atoms with van der Waals surface area (Å²) in [6.07, 6.45) is 7.08. The average Bonchev–Trinajstić information content (AvgIpc) is 3.93. The van der Waals surface area contributed by atoms with Gasteiger partial charge in [0.05, 0.1) is 24.0 Å². The minimum Gasteiger partial charge on any atom is -0.466 e. The van der Waals surface area contributed by atoms with Crippen molar-refractivity contribution < 1.29 is 31.5 Å². The number of halogens is 2. The van der Waals surface area contributed by atoms with Crippen LogP contribution in [0.4, 0.5) is 31.9 Å². The number of aromatic nitrogens is 2. The lowest BCUT2D eigenvalue weighted by Crippen LogP contribution is -2.40. The second kappa shape index (κ2) is 11.5. The number of piperidine rings is 2. The van der Waals surface area contributed by atoms with Crippen LogP contribution in [-0.2, 0) is 19.6 Å². The fourth-order valence-electron chi connectivity index (χ4n) is 6.12. The summed E-state index contributed by atoms with van der Waals surface area (Å²) in [5, 5.41) is 2.85. The van der Waals surface area contributed by atoms with Gasteiger partial charge in [-0.05, 0) is 69.1 Å². The number of hydrogen-bond donors (Lipinski definition) is 2. The summed E-state index contributed by atoms with van der Waals surface area (Å²) in [5.41, 5.74) is 2.23. The zero-order valence-electron chi connectivity index (χ0n) is 25.4. The first kappa shape index (κ1) is 31.2. The molecule has 1 aromatic heterocycles. The quantitative estimate of drug-likeness (QED) is 0.295. The number of nitrogens with zero attached hydrogens (tertiary/aromatic N) is 4. The number of alkyl halides is 2. The predicted molar refractivity (Wildman–Crippen MR) is 166 cm³/mol. The van der Waals surface area contributed by atoms with E-state index in [1.54, 1.807) is 36.1 Å². The highest BCUT2D eigenvalue weighted by atomic mass is 32.2. The summed E-state index contributed by atoms with van der Waals surface area (Å²) in [4.78, 5) is 38.0. The highest BCUT2D eigenvalue weighted by Gasteiger charge is 2.53. The van der Waals surface area contributed by atoms with Crippen LogP contribution in [0.3, 0.4) is 0 Å². The third-order valence-electron chi connectivity index (χ3n) is 9.48. The van der Waals surface area contributed by atoms with Crippen LogP contribution in [0.1, 0.15) is 67.4 Å². The van der Waals surface area contributed by atoms with Gasteiger partial charge in [-0.1, -0.05) is 6.08 Å². The number of anilines is 4. The SMILES string of the molecule is COC(=O)/C=C/C1(S(=O)(=O)Nc2ccc(C(=O)Nc3cc(C)nc(N4CCC(F)(F)CC4)n3)c(N3CCC4(CC3)CC4)c2)CC1. The number of hydrogen-bond acceptors (Lipinski definition) is 9. The summed E-state index contributed by atoms with van der Waals surface area (Å²) in [5.74, 6) is -3.23. The molecule has 2 saturated heterocycles. The van der Waals surface area contributed by atoms with Crippen molar-refractivity contribution in [3.8, 4) is 0 Å². The molecule has 11 nitrogen and oxygen atoms in total. The molecule has 2 aliphatic carbocycles. The molecule has 6 rings (SSSR count). The molecular weight excluding hydrogens is 606 g/mol. The number of rotatable bonds is 9. The second-order valence-corrected chi connectivity index (χ2v) is 14.8. The summed E-state index contributed by atoms with van der Waals surface area (Å²) < 4.78 is 60.3. The molecule has 1 spiro atoms. The molecule has 2 aliphatic heterocycles. The van der Waals surface area contributed by atoms with Gasteiger partial charge in [0.2, 0.25) is 16.0 Å². The zero-order chi connectivity index (χ0) is 32.0. The Bertz CT molecular complexity index is 1620. The number of sulfonamides is 1. The minimum atomic E-state index is -3.90. The van der Waals surface area contributed by atoms with Crippen molar-refractivity contribution in [1.29, 1.82) is 0 Å². The minimum absolute atomic E-state index is 0.113. The normalized spacial score (nSPS) is 21.4. The number of carbonyl (C=O) groups is 2. The fraction of sp³-hybridized carbons (Fsp3) is 0.548. The Morgan fingerprint density at radius 2 is 1.60 bits per heavy atom. The van der Waals surface area contributed by atoms with Crippen molar-refractivity contribution in [2.24, 2.45) is 5.41 Å². The maximum atomic E-state index is 13.7. The second-order valence-electron chi connectivity index (χ2n) is 12.7. The van der Waals surface area contributed by atoms with Crippen LogP contribution in [0.2, 0.25) is 0 Å². The van der Waals surface area contributed by atoms with Crippen molar-refractivity contribution in [2.75, 3.05) is 53.1 Å². The van der Waals surface area contributed by atoms with Crippen LogP contribution in [0, 0.1) is 12.3 Å². The van der Waals surface area contributed by atoms with Gasteiger partial charge < -0.3 is 19.9 Å². The van der Waals surface area contributed by atoms with Gasteiger partial charge in [0.1, 0.15) is 10.6 Å². The number of esters is 1. The molecule has 2 N–H and O–H groups in total. The number of methoxy groups -OCH3 is 1. The van der Waals surface area contributed by atoms with Crippen molar-refractivity contribution in [2.45, 2.75) is 69.0 Å². The first-order valence-corrected chi connectivity index (χ1v) is 16.8. The van der Waals surface area contributed by atoms with Crippen LogP contribution in [-0.4, -0.2) is 74.2 Å². The Morgan fingerprint density at radius 1 is 0.933 bits per heavy atom. The summed E-state index contributed by atoms with van der Waals surface area (Å²) in [6.45, 7) is 3.45. The van der Waals surface area contributed by atoms with E-state index in [2.05, 4.69) is 29.6 Å². The van der Waals surface area contributed by atoms with Gasteiger partial charge in [0.15, 0.2) is 0 Å². The summed E-state index contributed by atoms with van der Waals surface area (Å²) >= 11 is 0. The number of nitrogens with one attached hydrogen (secondary N) is 2. The van der Waals surface area contributed by atoms with Crippen LogP contribution >= 0.6 is 0 Å². The molecule has 2 aromatic rings. The number of aryl methyl sites for hydroxylation is 1. The molecule has 0 atom stereocenters. The topological polar surface area (TPSA) is 134 Å². The molecule has 1 amide bonds. The maximum Gasteiger partial charge on any atom is 0.330 e. The zero-order valence-corrected chi connectivity index (χ0v) is 26.3. The first-order chi connectivity index (χ1) is 21.3. The molecule has 3 heterocycles. The van der Waals surface area contributed by atoms with Gasteiger partial charge in [-0.2, -0.15) is 4.98 Å². The lowest BCUT2D eigenvalue weighted by Gasteiger charge is -2.35. The molecule has 4 fully saturated rings. The molecule has 45 heavy (non-hydrogen) atoms. The van der Waals surface area contributed by atoms with Crippen molar-refractivity contribution in [1.82, 2.24) is 9.97 Å². The molecule has 0 unspecified atom stereocenters. The van der Waals surface area contributed by atoms with Crippen LogP contribution in [0.15, 0.2) is 36.4 Å². The smallest absolute Gasteiger partial charge is 0.330 e. The third-order valence-corrected chi connectivity index (χ3v) is 11.6. The summed E-state index contributed by atoms with van der Waals surface area (Å²) in [6, 6.07) is 6.45. The average molecular weight is 645 g/mol. The van der Waals surface area contributed by atoms with E-state index < -0.39 is 32.6 Å². The molecule has 0 bridgehead atoms. The monoisotopic (exact) mass is 644 g/mol. The van der Waals surface area contributed by atoms with E-state index in [4.69, 9.17) is 0 Å². The van der Waals surface area contributed by atoms with Crippen molar-refractivity contribution >= 4 is 45.0 Å². The van der Waals surface area contributed by atoms with E-state index >= 15 is 0 Å². The molecule has 14 heteroatoms. The molecule has 0 radical (unpaired) electrons. The van der Waals surface area contributed by atoms with Gasteiger partial charge in [0.25, 0.3) is 11.8 Å². The Labute approximate surface area is 261 Å². The fourth-order valence-corrected chi connectivity index (χ4v) is 7.64. The predicted octanol–water partition coefficient (Wildman–Crippen LogP) is 4.66. The number of benzene rings is 1. The standard InChI is InChI=1S/C31H38F2N6O5S/c1-21-19-25(36-28(34-21)39-17-13-31(32,33)14-18-39)35-27(41)23-4-3-22(20-24(23)38-15-11-29(7-8-29)12-16-38)37-45(42,43)30(9-10-30)6-5-26(40)44-2/h3-6,19-20,37H,7-18H2,1-2H3,(H,34,35,36,41)/b6-5+. The summed E-state index contributed by atoms with van der Waals surface area (Å²) in [7, 11) is -2.67. The van der Waals surface area contributed by atoms with E-state index in [0.29, 0.717) is 40.9 Å². The van der Waals surface area contributed by atoms with E-state index in [1.807, 2.05) is 0 Å². The van der Waals surface area contributed by atoms with Gasteiger partial charge in [-0.15, -0.1) is 0 Å². The van der Waals surface area contributed by atoms with E-state index in [0.717, 1.165) is 32.0 Å². The third kappa shape index (κ3) is 6.75. The van der Waals surface area contributed by atoms with E-state index in [-0.39, 0.29) is 37.7 Å². The lowest BCUT2D eigenvalue weighted by molar-refractivity contribution is -0.134. The Morgan fingerprint density at radius 3 is 2.22 bits per heavy atom. The molecule has 242 valence electrons. The molecule has 1 aromatic carbocycles. The van der Waals surface area contributed by atoms with Gasteiger partial charge in [-0.3, -0.25) is 9.52 Å². The number of ether oxygens (including phenoxy) is 1. The van der Waals surface area contributed by atoms with E-state index in [9.17, 15) is 26.8 Å². The lowest BCUT2D eigenvalue weighted by atomic mass is 9.93. The van der Waals surface area contributed by atoms with Gasteiger partial charge in [-0.25, -0.2) is 27.0 Å².